The first-order chi connectivity index (χ1) is 24.9. The van der Waals surface area contributed by atoms with Gasteiger partial charge >= 0.3 is 0 Å². The van der Waals surface area contributed by atoms with Gasteiger partial charge in [0.05, 0.1) is 27.5 Å². The van der Waals surface area contributed by atoms with Crippen LogP contribution in [0.1, 0.15) is 0 Å². The molecule has 0 atom stereocenters. The third-order valence-corrected chi connectivity index (χ3v) is 14.4. The van der Waals surface area contributed by atoms with Crippen LogP contribution in [0.4, 0.5) is 34.1 Å². The van der Waals surface area contributed by atoms with Gasteiger partial charge in [0.25, 0.3) is 0 Å². The summed E-state index contributed by atoms with van der Waals surface area (Å²) in [5.74, 6) is 0.489. The molecular formula is C46H44N2O2Si2. The topological polar surface area (TPSA) is 46.9 Å². The lowest BCUT2D eigenvalue weighted by Crippen LogP contribution is -2.37. The fourth-order valence-corrected chi connectivity index (χ4v) is 9.77. The van der Waals surface area contributed by atoms with Gasteiger partial charge in [0.2, 0.25) is 0 Å². The first-order valence-corrected chi connectivity index (χ1v) is 25.0. The Morgan fingerprint density at radius 1 is 0.346 bits per heavy atom. The highest BCUT2D eigenvalue weighted by Crippen LogP contribution is 2.47. The first-order valence-electron chi connectivity index (χ1n) is 18.0. The summed E-state index contributed by atoms with van der Waals surface area (Å²) in [5.41, 5.74) is 6.27. The van der Waals surface area contributed by atoms with E-state index in [4.69, 9.17) is 0 Å². The molecule has 0 aromatic heterocycles. The number of anilines is 6. The molecule has 0 aliphatic rings. The minimum absolute atomic E-state index is 0.244. The van der Waals surface area contributed by atoms with E-state index in [9.17, 15) is 10.2 Å². The van der Waals surface area contributed by atoms with Crippen LogP contribution in [0.3, 0.4) is 0 Å². The number of nitrogens with zero attached hydrogens (tertiary/aromatic N) is 2. The Balaban J connectivity index is 1.36. The number of phenolic OH excluding ortho intramolecular Hbond substituents is 2. The molecule has 4 nitrogen and oxygen atoms in total. The third-order valence-electron chi connectivity index (χ3n) is 10.3. The molecule has 2 N–H and O–H groups in total. The van der Waals surface area contributed by atoms with Gasteiger partial charge in [-0.25, -0.2) is 0 Å². The molecule has 0 amide bonds. The van der Waals surface area contributed by atoms with E-state index in [1.165, 1.54) is 31.9 Å². The SMILES string of the molecule is C[Si](C)(C)c1ccc(N(c2ccc(O)cc2)c2ccc3ccc4c(N(c5ccc(O)cc5)c5ccc([Si](C)(C)C)cc5)ccc5ccc2c3c54)cc1. The molecule has 52 heavy (non-hydrogen) atoms. The van der Waals surface area contributed by atoms with Gasteiger partial charge in [-0.05, 0) is 106 Å². The zero-order valence-electron chi connectivity index (χ0n) is 30.6. The van der Waals surface area contributed by atoms with Crippen LogP contribution in [-0.2, 0) is 0 Å². The lowest BCUT2D eigenvalue weighted by Gasteiger charge is -2.30. The smallest absolute Gasteiger partial charge is 0.115 e. The van der Waals surface area contributed by atoms with Crippen LogP contribution >= 0.6 is 0 Å². The quantitative estimate of drug-likeness (QED) is 0.122. The van der Waals surface area contributed by atoms with Gasteiger partial charge in [-0.15, -0.1) is 0 Å². The second-order valence-corrected chi connectivity index (χ2v) is 26.0. The Bertz CT molecular complexity index is 2350. The van der Waals surface area contributed by atoms with Crippen LogP contribution in [-0.4, -0.2) is 26.4 Å². The van der Waals surface area contributed by atoms with E-state index in [-0.39, 0.29) is 11.5 Å². The van der Waals surface area contributed by atoms with Gasteiger partial charge in [-0.2, -0.15) is 0 Å². The lowest BCUT2D eigenvalue weighted by molar-refractivity contribution is 0.475. The number of hydrogen-bond donors (Lipinski definition) is 2. The standard InChI is InChI=1S/C46H44N2O2Si2/c1-51(2,3)39-23-15-35(16-24-39)47(33-11-19-37(49)20-12-33)43-29-9-31-8-28-42-44(30-10-32-7-27-41(43)45(31)46(32)42)48(34-13-21-38(50)22-14-34)36-17-25-40(26-18-36)52(4,5)6/h7-30,49-50H,1-6H3. The van der Waals surface area contributed by atoms with E-state index in [2.05, 4.69) is 146 Å². The molecule has 8 rings (SSSR count). The Kier molecular flexibility index (Phi) is 8.12. The summed E-state index contributed by atoms with van der Waals surface area (Å²) < 4.78 is 0. The molecule has 0 aliphatic heterocycles. The Labute approximate surface area is 308 Å². The minimum atomic E-state index is -1.49. The Morgan fingerprint density at radius 2 is 0.635 bits per heavy atom. The van der Waals surface area contributed by atoms with Gasteiger partial charge in [0, 0.05) is 33.5 Å². The molecule has 258 valence electrons. The van der Waals surface area contributed by atoms with E-state index in [1.54, 1.807) is 24.3 Å². The summed E-state index contributed by atoms with van der Waals surface area (Å²) in [6.45, 7) is 14.3. The predicted octanol–water partition coefficient (Wildman–Crippen LogP) is 12.0. The van der Waals surface area contributed by atoms with Crippen LogP contribution in [0.15, 0.2) is 146 Å². The zero-order valence-corrected chi connectivity index (χ0v) is 32.6. The normalized spacial score (nSPS) is 12.2. The molecule has 8 aromatic rings. The highest BCUT2D eigenvalue weighted by molar-refractivity contribution is 6.89. The molecule has 6 heteroatoms. The fourth-order valence-electron chi connectivity index (χ4n) is 7.44. The number of benzene rings is 8. The maximum atomic E-state index is 10.2. The molecule has 0 heterocycles. The summed E-state index contributed by atoms with van der Waals surface area (Å²) in [6.07, 6.45) is 0. The number of phenols is 2. The molecule has 0 aliphatic carbocycles. The number of aromatic hydroxyl groups is 2. The molecule has 0 saturated heterocycles. The van der Waals surface area contributed by atoms with Gasteiger partial charge in [-0.1, -0.05) is 110 Å². The highest BCUT2D eigenvalue weighted by Gasteiger charge is 2.23. The van der Waals surface area contributed by atoms with Crippen LogP contribution in [0.2, 0.25) is 39.3 Å². The summed E-state index contributed by atoms with van der Waals surface area (Å²) in [5, 5.41) is 30.4. The highest BCUT2D eigenvalue weighted by atomic mass is 28.3. The van der Waals surface area contributed by atoms with Crippen LogP contribution < -0.4 is 20.2 Å². The van der Waals surface area contributed by atoms with Crippen molar-refractivity contribution in [3.63, 3.8) is 0 Å². The van der Waals surface area contributed by atoms with E-state index in [0.717, 1.165) is 44.9 Å². The molecule has 0 bridgehead atoms. The molecule has 0 spiro atoms. The summed E-state index contributed by atoms with van der Waals surface area (Å²) in [6, 6.07) is 51.0. The number of rotatable bonds is 8. The van der Waals surface area contributed by atoms with Crippen LogP contribution in [0, 0.1) is 0 Å². The summed E-state index contributed by atoms with van der Waals surface area (Å²) in [7, 11) is -2.98. The van der Waals surface area contributed by atoms with Crippen molar-refractivity contribution < 1.29 is 10.2 Å². The van der Waals surface area contributed by atoms with E-state index >= 15 is 0 Å². The second-order valence-electron chi connectivity index (χ2n) is 15.9. The average Bonchev–Trinajstić information content (AvgIpc) is 3.13. The maximum absolute atomic E-state index is 10.2. The average molecular weight is 713 g/mol. The summed E-state index contributed by atoms with van der Waals surface area (Å²) in [4.78, 5) is 4.62. The first kappa shape index (κ1) is 33.6. The van der Waals surface area contributed by atoms with E-state index < -0.39 is 16.1 Å². The molecule has 0 radical (unpaired) electrons. The Hall–Kier alpha value is -5.57. The minimum Gasteiger partial charge on any atom is -0.508 e. The van der Waals surface area contributed by atoms with Crippen molar-refractivity contribution in [2.75, 3.05) is 9.80 Å². The van der Waals surface area contributed by atoms with Crippen molar-refractivity contribution in [2.45, 2.75) is 39.3 Å². The van der Waals surface area contributed by atoms with Crippen LogP contribution in [0.5, 0.6) is 11.5 Å². The third kappa shape index (κ3) is 5.98. The largest absolute Gasteiger partial charge is 0.508 e. The van der Waals surface area contributed by atoms with Crippen LogP contribution in [0.25, 0.3) is 32.3 Å². The molecule has 0 saturated carbocycles. The van der Waals surface area contributed by atoms with Crippen molar-refractivity contribution in [1.29, 1.82) is 0 Å². The lowest BCUT2D eigenvalue weighted by atomic mass is 9.91. The van der Waals surface area contributed by atoms with Gasteiger partial charge in [-0.3, -0.25) is 0 Å². The van der Waals surface area contributed by atoms with E-state index in [1.807, 2.05) is 24.3 Å². The molecule has 0 unspecified atom stereocenters. The zero-order chi connectivity index (χ0) is 36.4. The van der Waals surface area contributed by atoms with Crippen molar-refractivity contribution >= 4 is 93.0 Å². The molecule has 0 fully saturated rings. The monoisotopic (exact) mass is 712 g/mol. The fraction of sp³-hybridized carbons (Fsp3) is 0.130. The number of hydrogen-bond acceptors (Lipinski definition) is 4. The van der Waals surface area contributed by atoms with Gasteiger partial charge < -0.3 is 20.0 Å². The molecule has 8 aromatic carbocycles. The maximum Gasteiger partial charge on any atom is 0.115 e. The van der Waals surface area contributed by atoms with Crippen molar-refractivity contribution in [3.05, 3.63) is 146 Å². The second kappa shape index (κ2) is 12.6. The van der Waals surface area contributed by atoms with Crippen molar-refractivity contribution in [3.8, 4) is 11.5 Å². The van der Waals surface area contributed by atoms with E-state index in [0.29, 0.717) is 0 Å². The van der Waals surface area contributed by atoms with Gasteiger partial charge in [0.1, 0.15) is 11.5 Å². The van der Waals surface area contributed by atoms with Crippen molar-refractivity contribution in [2.24, 2.45) is 0 Å². The predicted molar refractivity (Wildman–Crippen MR) is 229 cm³/mol. The Morgan fingerprint density at radius 3 is 0.942 bits per heavy atom. The van der Waals surface area contributed by atoms with Gasteiger partial charge in [0.15, 0.2) is 0 Å². The van der Waals surface area contributed by atoms with Crippen molar-refractivity contribution in [1.82, 2.24) is 0 Å². The molecular weight excluding hydrogens is 669 g/mol. The summed E-state index contributed by atoms with van der Waals surface area (Å²) >= 11 is 0.